The molecule has 0 saturated heterocycles. The fraction of sp³-hybridized carbons (Fsp3) is 0.182. The quantitative estimate of drug-likeness (QED) is 0.469. The zero-order valence-electron chi connectivity index (χ0n) is 8.38. The Morgan fingerprint density at radius 2 is 2.33 bits per heavy atom. The minimum atomic E-state index is -0.558. The summed E-state index contributed by atoms with van der Waals surface area (Å²) in [7, 11) is -0.558. The van der Waals surface area contributed by atoms with Gasteiger partial charge in [0.15, 0.2) is 0 Å². The van der Waals surface area contributed by atoms with Crippen molar-refractivity contribution < 1.29 is 9.53 Å². The van der Waals surface area contributed by atoms with Crippen LogP contribution in [0.2, 0.25) is 0 Å². The smallest absolute Gasteiger partial charge is 0.294 e. The first-order valence-corrected chi connectivity index (χ1v) is 6.15. The lowest BCUT2D eigenvalue weighted by Gasteiger charge is -2.21. The highest BCUT2D eigenvalue weighted by atomic mass is 32.2. The van der Waals surface area contributed by atoms with Crippen LogP contribution in [-0.4, -0.2) is 11.9 Å². The lowest BCUT2D eigenvalue weighted by molar-refractivity contribution is -0.129. The van der Waals surface area contributed by atoms with Gasteiger partial charge in [0.2, 0.25) is 0 Å². The van der Waals surface area contributed by atoms with E-state index in [2.05, 4.69) is 11.5 Å². The topological polar surface area (TPSA) is 52.3 Å². The van der Waals surface area contributed by atoms with Crippen LogP contribution < -0.4 is 5.73 Å². The van der Waals surface area contributed by atoms with Crippen LogP contribution in [-0.2, 0) is 9.53 Å². The molecule has 4 heteroatoms. The monoisotopic (exact) mass is 223 g/mol. The van der Waals surface area contributed by atoms with Crippen molar-refractivity contribution in [3.8, 4) is 0 Å². The molecule has 2 N–H and O–H groups in total. The molecule has 2 atom stereocenters. The van der Waals surface area contributed by atoms with Crippen LogP contribution in [0.3, 0.4) is 0 Å². The Hall–Kier alpha value is -1.42. The van der Waals surface area contributed by atoms with Gasteiger partial charge >= 0.3 is 0 Å². The molecule has 1 aliphatic heterocycles. The van der Waals surface area contributed by atoms with Crippen LogP contribution in [0.15, 0.2) is 28.5 Å². The van der Waals surface area contributed by atoms with Crippen molar-refractivity contribution in [3.05, 3.63) is 29.2 Å². The van der Waals surface area contributed by atoms with Crippen molar-refractivity contribution in [2.24, 2.45) is 0 Å². The van der Waals surface area contributed by atoms with Gasteiger partial charge < -0.3 is 10.5 Å². The highest BCUT2D eigenvalue weighted by molar-refractivity contribution is 8.20. The van der Waals surface area contributed by atoms with E-state index in [9.17, 15) is 4.79 Å². The molecule has 0 radical (unpaired) electrons. The van der Waals surface area contributed by atoms with Gasteiger partial charge in [0.1, 0.15) is 5.44 Å². The number of hydrogen-bond acceptors (Lipinski definition) is 3. The number of hydrogen-bond donors (Lipinski definition) is 2. The number of ether oxygens (including phenoxy) is 1. The number of benzene rings is 1. The third kappa shape index (κ3) is 1.85. The number of anilines is 1. The summed E-state index contributed by atoms with van der Waals surface area (Å²) >= 11 is 0. The Morgan fingerprint density at radius 1 is 1.53 bits per heavy atom. The largest absolute Gasteiger partial charge is 0.455 e. The van der Waals surface area contributed by atoms with Crippen LogP contribution in [0.1, 0.15) is 12.5 Å². The van der Waals surface area contributed by atoms with Gasteiger partial charge in [-0.05, 0) is 36.1 Å². The molecule has 0 amide bonds. The number of thiol groups is 1. The Bertz CT molecular complexity index is 417. The molecule has 1 heterocycles. The maximum absolute atomic E-state index is 10.3. The zero-order chi connectivity index (χ0) is 10.8. The fourth-order valence-electron chi connectivity index (χ4n) is 1.63. The number of carbonyl (C=O) groups is 1. The predicted octanol–water partition coefficient (Wildman–Crippen LogP) is 2.13. The SMILES string of the molecule is CC(OC=O)[SH]1C=Cc2ccc(N)cc21. The Morgan fingerprint density at radius 3 is 3.07 bits per heavy atom. The van der Waals surface area contributed by atoms with Gasteiger partial charge in [0, 0.05) is 10.6 Å². The van der Waals surface area contributed by atoms with Crippen molar-refractivity contribution in [1.29, 1.82) is 0 Å². The zero-order valence-corrected chi connectivity index (χ0v) is 9.28. The molecule has 1 aliphatic rings. The van der Waals surface area contributed by atoms with E-state index >= 15 is 0 Å². The molecule has 15 heavy (non-hydrogen) atoms. The molecular weight excluding hydrogens is 210 g/mol. The average Bonchev–Trinajstić information content (AvgIpc) is 2.60. The molecule has 0 spiro atoms. The van der Waals surface area contributed by atoms with Gasteiger partial charge in [-0.3, -0.25) is 4.79 Å². The molecule has 1 aromatic carbocycles. The summed E-state index contributed by atoms with van der Waals surface area (Å²) in [5.74, 6) is 0. The minimum Gasteiger partial charge on any atom is -0.455 e. The number of nitrogen functional groups attached to an aromatic ring is 1. The van der Waals surface area contributed by atoms with Crippen molar-refractivity contribution in [1.82, 2.24) is 0 Å². The number of nitrogens with two attached hydrogens (primary N) is 1. The standard InChI is InChI=1S/C11H13NO2S/c1-8(14-7-13)15-5-4-9-2-3-10(12)6-11(9)15/h2-8,15H,12H2,1H3. The summed E-state index contributed by atoms with van der Waals surface area (Å²) < 4.78 is 4.98. The molecule has 0 bridgehead atoms. The number of fused-ring (bicyclic) bond motifs is 1. The van der Waals surface area contributed by atoms with Gasteiger partial charge in [-0.25, -0.2) is 0 Å². The first-order valence-electron chi connectivity index (χ1n) is 4.67. The molecule has 2 rings (SSSR count). The summed E-state index contributed by atoms with van der Waals surface area (Å²) in [6.07, 6.45) is 2.06. The van der Waals surface area contributed by atoms with Gasteiger partial charge in [0.05, 0.1) is 0 Å². The fourth-order valence-corrected chi connectivity index (χ4v) is 3.67. The lowest BCUT2D eigenvalue weighted by atomic mass is 10.2. The number of carbonyl (C=O) groups excluding carboxylic acids is 1. The van der Waals surface area contributed by atoms with Gasteiger partial charge in [-0.1, -0.05) is 6.07 Å². The average molecular weight is 223 g/mol. The molecule has 0 aromatic heterocycles. The predicted molar refractivity (Wildman–Crippen MR) is 63.8 cm³/mol. The normalized spacial score (nSPS) is 22.1. The third-order valence-electron chi connectivity index (χ3n) is 2.39. The van der Waals surface area contributed by atoms with Crippen LogP contribution in [0.4, 0.5) is 5.69 Å². The van der Waals surface area contributed by atoms with E-state index in [1.165, 1.54) is 10.5 Å². The second kappa shape index (κ2) is 3.98. The maximum Gasteiger partial charge on any atom is 0.294 e. The Kier molecular flexibility index (Phi) is 2.68. The highest BCUT2D eigenvalue weighted by Gasteiger charge is 2.20. The molecule has 0 aliphatic carbocycles. The summed E-state index contributed by atoms with van der Waals surface area (Å²) in [5.41, 5.74) is 7.58. The van der Waals surface area contributed by atoms with Gasteiger partial charge in [-0.15, -0.1) is 0 Å². The Labute approximate surface area is 91.3 Å². The van der Waals surface area contributed by atoms with E-state index in [4.69, 9.17) is 10.5 Å². The van der Waals surface area contributed by atoms with Crippen LogP contribution in [0.25, 0.3) is 6.08 Å². The third-order valence-corrected chi connectivity index (χ3v) is 4.71. The number of rotatable bonds is 3. The van der Waals surface area contributed by atoms with Crippen molar-refractivity contribution in [3.63, 3.8) is 0 Å². The van der Waals surface area contributed by atoms with Crippen LogP contribution >= 0.6 is 10.9 Å². The van der Waals surface area contributed by atoms with Gasteiger partial charge in [-0.2, -0.15) is 10.9 Å². The van der Waals surface area contributed by atoms with E-state index in [0.717, 1.165) is 5.69 Å². The summed E-state index contributed by atoms with van der Waals surface area (Å²) in [5, 5.41) is 2.10. The first kappa shape index (κ1) is 10.1. The summed E-state index contributed by atoms with van der Waals surface area (Å²) in [6.45, 7) is 2.41. The molecular formula is C11H13NO2S. The summed E-state index contributed by atoms with van der Waals surface area (Å²) in [4.78, 5) is 11.5. The molecule has 1 aromatic rings. The summed E-state index contributed by atoms with van der Waals surface area (Å²) in [6, 6.07) is 5.84. The highest BCUT2D eigenvalue weighted by Crippen LogP contribution is 2.50. The molecule has 80 valence electrons. The van der Waals surface area contributed by atoms with E-state index < -0.39 is 10.9 Å². The first-order chi connectivity index (χ1) is 7.22. The van der Waals surface area contributed by atoms with Crippen molar-refractivity contribution in [2.75, 3.05) is 5.73 Å². The molecule has 3 nitrogen and oxygen atoms in total. The minimum absolute atomic E-state index is 0.0863. The van der Waals surface area contributed by atoms with Crippen molar-refractivity contribution >= 4 is 29.1 Å². The maximum atomic E-state index is 10.3. The second-order valence-electron chi connectivity index (χ2n) is 3.37. The lowest BCUT2D eigenvalue weighted by Crippen LogP contribution is -2.05. The van der Waals surface area contributed by atoms with Crippen LogP contribution in [0, 0.1) is 0 Å². The molecule has 2 unspecified atom stereocenters. The van der Waals surface area contributed by atoms with E-state index in [0.29, 0.717) is 6.47 Å². The van der Waals surface area contributed by atoms with E-state index in [1.807, 2.05) is 25.1 Å². The second-order valence-corrected chi connectivity index (χ2v) is 5.69. The molecule has 0 fully saturated rings. The van der Waals surface area contributed by atoms with Crippen molar-refractivity contribution in [2.45, 2.75) is 17.3 Å². The Balaban J connectivity index is 2.30. The molecule has 0 saturated carbocycles. The van der Waals surface area contributed by atoms with Crippen LogP contribution in [0.5, 0.6) is 0 Å². The van der Waals surface area contributed by atoms with E-state index in [-0.39, 0.29) is 5.44 Å². The van der Waals surface area contributed by atoms with E-state index in [1.54, 1.807) is 0 Å². The van der Waals surface area contributed by atoms with Gasteiger partial charge in [0.25, 0.3) is 6.47 Å².